The third kappa shape index (κ3) is 5.24. The van der Waals surface area contributed by atoms with E-state index in [4.69, 9.17) is 4.74 Å². The standard InChI is InChI=1S/C27H34N2O5/c1-5-27(6-2,25(31)32)29-24(30)23(15-17(3)4)28-26(33)34-16-22-20-13-9-7-11-18(20)19-12-8-10-14-21(19)22/h7-14,17,22-23H,5-6,15-16H2,1-4H3,(H,28,33)(H,29,30)(H,31,32)/t23-/m1/s1. The lowest BCUT2D eigenvalue weighted by atomic mass is 9.92. The van der Waals surface area contributed by atoms with Gasteiger partial charge in [-0.3, -0.25) is 4.79 Å². The number of carbonyl (C=O) groups is 3. The molecule has 0 fully saturated rings. The highest BCUT2D eigenvalue weighted by atomic mass is 16.5. The van der Waals surface area contributed by atoms with Crippen LogP contribution >= 0.6 is 0 Å². The minimum absolute atomic E-state index is 0.0876. The quantitative estimate of drug-likeness (QED) is 0.471. The number of carbonyl (C=O) groups excluding carboxylic acids is 2. The molecular formula is C27H34N2O5. The minimum Gasteiger partial charge on any atom is -0.480 e. The van der Waals surface area contributed by atoms with E-state index >= 15 is 0 Å². The van der Waals surface area contributed by atoms with Crippen LogP contribution in [-0.4, -0.2) is 41.3 Å². The second-order valence-electron chi connectivity index (χ2n) is 9.24. The second kappa shape index (κ2) is 10.7. The first-order valence-corrected chi connectivity index (χ1v) is 11.9. The lowest BCUT2D eigenvalue weighted by Crippen LogP contribution is -2.59. The van der Waals surface area contributed by atoms with Gasteiger partial charge in [0, 0.05) is 5.92 Å². The number of alkyl carbamates (subject to hydrolysis) is 1. The average Bonchev–Trinajstić information content (AvgIpc) is 3.14. The monoisotopic (exact) mass is 466 g/mol. The maximum Gasteiger partial charge on any atom is 0.407 e. The number of rotatable bonds is 10. The van der Waals surface area contributed by atoms with Crippen LogP contribution in [0.25, 0.3) is 11.1 Å². The Hall–Kier alpha value is -3.35. The molecule has 3 N–H and O–H groups in total. The van der Waals surface area contributed by atoms with Crippen LogP contribution in [0.5, 0.6) is 0 Å². The molecule has 0 saturated carbocycles. The minimum atomic E-state index is -1.37. The Bertz CT molecular complexity index is 999. The van der Waals surface area contributed by atoms with E-state index in [1.54, 1.807) is 13.8 Å². The number of hydrogen-bond acceptors (Lipinski definition) is 4. The highest BCUT2D eigenvalue weighted by Gasteiger charge is 2.38. The molecule has 0 saturated heterocycles. The Morgan fingerprint density at radius 3 is 1.97 bits per heavy atom. The van der Waals surface area contributed by atoms with Crippen LogP contribution in [0.2, 0.25) is 0 Å². The number of carboxylic acid groups (broad SMARTS) is 1. The van der Waals surface area contributed by atoms with Crippen molar-refractivity contribution >= 4 is 18.0 Å². The van der Waals surface area contributed by atoms with E-state index in [1.165, 1.54) is 0 Å². The maximum atomic E-state index is 13.0. The molecule has 34 heavy (non-hydrogen) atoms. The van der Waals surface area contributed by atoms with Gasteiger partial charge < -0.3 is 20.5 Å². The van der Waals surface area contributed by atoms with Gasteiger partial charge in [0.05, 0.1) is 0 Å². The number of aliphatic carboxylic acids is 1. The molecule has 0 radical (unpaired) electrons. The van der Waals surface area contributed by atoms with Gasteiger partial charge in [-0.2, -0.15) is 0 Å². The number of amides is 2. The fraction of sp³-hybridized carbons (Fsp3) is 0.444. The number of carboxylic acids is 1. The van der Waals surface area contributed by atoms with Crippen molar-refractivity contribution < 1.29 is 24.2 Å². The van der Waals surface area contributed by atoms with E-state index in [2.05, 4.69) is 22.8 Å². The third-order valence-electron chi connectivity index (χ3n) is 6.64. The average molecular weight is 467 g/mol. The van der Waals surface area contributed by atoms with Crippen LogP contribution in [0, 0.1) is 5.92 Å². The number of fused-ring (bicyclic) bond motifs is 3. The Morgan fingerprint density at radius 1 is 0.971 bits per heavy atom. The summed E-state index contributed by atoms with van der Waals surface area (Å²) in [6, 6.07) is 15.2. The smallest absolute Gasteiger partial charge is 0.407 e. The van der Waals surface area contributed by atoms with Crippen LogP contribution in [0.1, 0.15) is 64.0 Å². The van der Waals surface area contributed by atoms with Crippen LogP contribution in [0.4, 0.5) is 4.79 Å². The van der Waals surface area contributed by atoms with E-state index in [1.807, 2.05) is 50.2 Å². The van der Waals surface area contributed by atoms with Gasteiger partial charge in [-0.25, -0.2) is 9.59 Å². The topological polar surface area (TPSA) is 105 Å². The summed E-state index contributed by atoms with van der Waals surface area (Å²) < 4.78 is 5.59. The first kappa shape index (κ1) is 25.3. The Labute approximate surface area is 200 Å². The number of hydrogen-bond donors (Lipinski definition) is 3. The van der Waals surface area contributed by atoms with Crippen molar-refractivity contribution in [2.75, 3.05) is 6.61 Å². The van der Waals surface area contributed by atoms with Crippen molar-refractivity contribution in [1.29, 1.82) is 0 Å². The normalized spacial score (nSPS) is 13.7. The van der Waals surface area contributed by atoms with Crippen molar-refractivity contribution in [2.24, 2.45) is 5.92 Å². The van der Waals surface area contributed by atoms with Crippen molar-refractivity contribution in [1.82, 2.24) is 10.6 Å². The molecule has 3 rings (SSSR count). The predicted molar refractivity (Wildman–Crippen MR) is 131 cm³/mol. The molecule has 182 valence electrons. The van der Waals surface area contributed by atoms with Crippen LogP contribution in [-0.2, 0) is 14.3 Å². The Morgan fingerprint density at radius 2 is 1.50 bits per heavy atom. The van der Waals surface area contributed by atoms with Crippen molar-refractivity contribution in [3.63, 3.8) is 0 Å². The van der Waals surface area contributed by atoms with E-state index in [0.717, 1.165) is 22.3 Å². The summed E-state index contributed by atoms with van der Waals surface area (Å²) in [4.78, 5) is 37.5. The van der Waals surface area contributed by atoms with E-state index in [0.29, 0.717) is 6.42 Å². The molecule has 1 aliphatic carbocycles. The molecule has 2 amide bonds. The summed E-state index contributed by atoms with van der Waals surface area (Å²) in [7, 11) is 0. The zero-order chi connectivity index (χ0) is 24.9. The fourth-order valence-corrected chi connectivity index (χ4v) is 4.59. The molecule has 0 aliphatic heterocycles. The molecule has 0 heterocycles. The molecule has 1 atom stereocenters. The van der Waals surface area contributed by atoms with Crippen LogP contribution in [0.3, 0.4) is 0 Å². The first-order chi connectivity index (χ1) is 16.2. The lowest BCUT2D eigenvalue weighted by molar-refractivity contribution is -0.148. The summed E-state index contributed by atoms with van der Waals surface area (Å²) in [5.74, 6) is -1.59. The third-order valence-corrected chi connectivity index (χ3v) is 6.64. The zero-order valence-corrected chi connectivity index (χ0v) is 20.3. The molecule has 7 nitrogen and oxygen atoms in total. The molecule has 2 aromatic carbocycles. The van der Waals surface area contributed by atoms with Gasteiger partial charge in [-0.1, -0.05) is 76.2 Å². The molecule has 0 spiro atoms. The molecular weight excluding hydrogens is 432 g/mol. The summed E-state index contributed by atoms with van der Waals surface area (Å²) in [5.41, 5.74) is 3.10. The van der Waals surface area contributed by atoms with Crippen LogP contribution < -0.4 is 10.6 Å². The van der Waals surface area contributed by atoms with Crippen molar-refractivity contribution in [2.45, 2.75) is 64.5 Å². The number of ether oxygens (including phenoxy) is 1. The molecule has 1 aliphatic rings. The summed E-state index contributed by atoms with van der Waals surface area (Å²) >= 11 is 0. The van der Waals surface area contributed by atoms with E-state index < -0.39 is 29.6 Å². The second-order valence-corrected chi connectivity index (χ2v) is 9.24. The first-order valence-electron chi connectivity index (χ1n) is 11.9. The van der Waals surface area contributed by atoms with Crippen molar-refractivity contribution in [3.05, 3.63) is 59.7 Å². The summed E-state index contributed by atoms with van der Waals surface area (Å²) in [6.45, 7) is 7.44. The van der Waals surface area contributed by atoms with Gasteiger partial charge in [-0.15, -0.1) is 0 Å². The van der Waals surface area contributed by atoms with Crippen molar-refractivity contribution in [3.8, 4) is 11.1 Å². The van der Waals surface area contributed by atoms with E-state index in [-0.39, 0.29) is 31.3 Å². The lowest BCUT2D eigenvalue weighted by Gasteiger charge is -2.30. The zero-order valence-electron chi connectivity index (χ0n) is 20.3. The number of nitrogens with one attached hydrogen (secondary N) is 2. The van der Waals surface area contributed by atoms with Gasteiger partial charge >= 0.3 is 12.1 Å². The Balaban J connectivity index is 1.70. The maximum absolute atomic E-state index is 13.0. The SMILES string of the molecule is CCC(CC)(NC(=O)[C@@H](CC(C)C)NC(=O)OCC1c2ccccc2-c2ccccc21)C(=O)O. The fourth-order valence-electron chi connectivity index (χ4n) is 4.59. The molecule has 7 heteroatoms. The van der Waals surface area contributed by atoms with Gasteiger partial charge in [0.1, 0.15) is 18.2 Å². The molecule has 0 aromatic heterocycles. The highest BCUT2D eigenvalue weighted by molar-refractivity contribution is 5.91. The highest BCUT2D eigenvalue weighted by Crippen LogP contribution is 2.44. The van der Waals surface area contributed by atoms with Gasteiger partial charge in [-0.05, 0) is 47.4 Å². The summed E-state index contributed by atoms with van der Waals surface area (Å²) in [6.07, 6.45) is 0.143. The van der Waals surface area contributed by atoms with Gasteiger partial charge in [0.2, 0.25) is 5.91 Å². The van der Waals surface area contributed by atoms with Gasteiger partial charge in [0.25, 0.3) is 0 Å². The van der Waals surface area contributed by atoms with Gasteiger partial charge in [0.15, 0.2) is 0 Å². The molecule has 2 aromatic rings. The molecule has 0 bridgehead atoms. The molecule has 0 unspecified atom stereocenters. The summed E-state index contributed by atoms with van der Waals surface area (Å²) in [5, 5.41) is 15.0. The largest absolute Gasteiger partial charge is 0.480 e. The number of benzene rings is 2. The van der Waals surface area contributed by atoms with E-state index in [9.17, 15) is 19.5 Å². The predicted octanol–water partition coefficient (Wildman–Crippen LogP) is 4.70. The van der Waals surface area contributed by atoms with Crippen LogP contribution in [0.15, 0.2) is 48.5 Å². The Kier molecular flexibility index (Phi) is 7.97.